The van der Waals surface area contributed by atoms with Crippen LogP contribution in [0.15, 0.2) is 59.1 Å². The molecule has 0 amide bonds. The van der Waals surface area contributed by atoms with Gasteiger partial charge in [0, 0.05) is 4.47 Å². The fraction of sp³-hybridized carbons (Fsp3) is 0.105. The number of halogens is 2. The monoisotopic (exact) mass is 388 g/mol. The van der Waals surface area contributed by atoms with Crippen molar-refractivity contribution in [2.75, 3.05) is 0 Å². The minimum Gasteiger partial charge on any atom is -0.424 e. The number of esters is 1. The normalized spacial score (nSPS) is 10.7. The van der Waals surface area contributed by atoms with Gasteiger partial charge in [-0.2, -0.15) is 0 Å². The summed E-state index contributed by atoms with van der Waals surface area (Å²) in [6.07, 6.45) is 0.202. The first-order chi connectivity index (χ1) is 11.0. The summed E-state index contributed by atoms with van der Waals surface area (Å²) in [5.41, 5.74) is 1.76. The van der Waals surface area contributed by atoms with Gasteiger partial charge >= 0.3 is 5.97 Å². The van der Waals surface area contributed by atoms with Crippen LogP contribution in [0.2, 0.25) is 5.02 Å². The first-order valence-corrected chi connectivity index (χ1v) is 8.34. The summed E-state index contributed by atoms with van der Waals surface area (Å²) in [6, 6.07) is 17.5. The van der Waals surface area contributed by atoms with Gasteiger partial charge in [-0.3, -0.25) is 4.79 Å². The molecule has 0 aliphatic rings. The van der Waals surface area contributed by atoms with Crippen molar-refractivity contribution in [2.24, 2.45) is 0 Å². The third-order valence-electron chi connectivity index (χ3n) is 3.62. The summed E-state index contributed by atoms with van der Waals surface area (Å²) in [7, 11) is 0. The number of carbonyl (C=O) groups excluding carboxylic acids is 1. The van der Waals surface area contributed by atoms with Gasteiger partial charge < -0.3 is 4.74 Å². The maximum Gasteiger partial charge on any atom is 0.315 e. The molecule has 0 unspecified atom stereocenters. The van der Waals surface area contributed by atoms with Crippen molar-refractivity contribution in [1.82, 2.24) is 0 Å². The van der Waals surface area contributed by atoms with Gasteiger partial charge in [0.15, 0.2) is 5.75 Å². The van der Waals surface area contributed by atoms with Crippen molar-refractivity contribution in [3.8, 4) is 5.75 Å². The molecule has 3 rings (SSSR count). The van der Waals surface area contributed by atoms with E-state index in [0.717, 1.165) is 26.4 Å². The van der Waals surface area contributed by atoms with Gasteiger partial charge in [0.2, 0.25) is 0 Å². The van der Waals surface area contributed by atoms with Crippen LogP contribution in [-0.4, -0.2) is 5.97 Å². The van der Waals surface area contributed by atoms with Gasteiger partial charge in [0.1, 0.15) is 0 Å². The Hall–Kier alpha value is -1.84. The Morgan fingerprint density at radius 1 is 1.13 bits per heavy atom. The lowest BCUT2D eigenvalue weighted by Crippen LogP contribution is -2.12. The van der Waals surface area contributed by atoms with E-state index in [4.69, 9.17) is 16.3 Å². The zero-order valence-corrected chi connectivity index (χ0v) is 14.8. The minimum atomic E-state index is -0.325. The van der Waals surface area contributed by atoms with Crippen molar-refractivity contribution in [2.45, 2.75) is 13.3 Å². The molecule has 0 heterocycles. The van der Waals surface area contributed by atoms with Crippen LogP contribution in [-0.2, 0) is 11.2 Å². The van der Waals surface area contributed by atoms with E-state index in [1.165, 1.54) is 0 Å². The van der Waals surface area contributed by atoms with E-state index in [2.05, 4.69) is 15.9 Å². The van der Waals surface area contributed by atoms with Gasteiger partial charge in [-0.15, -0.1) is 0 Å². The lowest BCUT2D eigenvalue weighted by Gasteiger charge is -2.11. The van der Waals surface area contributed by atoms with Crippen LogP contribution >= 0.6 is 27.5 Å². The molecule has 0 aromatic heterocycles. The Balaban J connectivity index is 1.85. The number of rotatable bonds is 3. The maximum absolute atomic E-state index is 12.3. The van der Waals surface area contributed by atoms with Gasteiger partial charge in [0.25, 0.3) is 0 Å². The Morgan fingerprint density at radius 3 is 2.65 bits per heavy atom. The number of aryl methyl sites for hydroxylation is 1. The predicted octanol–water partition coefficient (Wildman–Crippen LogP) is 5.71. The van der Waals surface area contributed by atoms with E-state index in [0.29, 0.717) is 10.8 Å². The molecule has 0 radical (unpaired) electrons. The molecule has 0 aliphatic carbocycles. The second-order valence-corrected chi connectivity index (χ2v) is 6.65. The van der Waals surface area contributed by atoms with Crippen LogP contribution in [0.1, 0.15) is 11.1 Å². The van der Waals surface area contributed by atoms with Crippen molar-refractivity contribution in [3.05, 3.63) is 75.2 Å². The van der Waals surface area contributed by atoms with Crippen LogP contribution in [0.4, 0.5) is 0 Å². The summed E-state index contributed by atoms with van der Waals surface area (Å²) >= 11 is 9.54. The molecule has 3 aromatic rings. The molecule has 0 saturated carbocycles. The number of fused-ring (bicyclic) bond motifs is 1. The third-order valence-corrected chi connectivity index (χ3v) is 4.36. The molecule has 0 atom stereocenters. The van der Waals surface area contributed by atoms with E-state index in [9.17, 15) is 4.79 Å². The molecule has 116 valence electrons. The zero-order chi connectivity index (χ0) is 16.4. The third kappa shape index (κ3) is 3.57. The highest BCUT2D eigenvalue weighted by Gasteiger charge is 2.14. The molecule has 0 fully saturated rings. The molecular formula is C19H14BrClO2. The Bertz CT molecular complexity index is 861. The molecule has 23 heavy (non-hydrogen) atoms. The second kappa shape index (κ2) is 6.73. The average molecular weight is 390 g/mol. The summed E-state index contributed by atoms with van der Waals surface area (Å²) < 4.78 is 6.35. The summed E-state index contributed by atoms with van der Waals surface area (Å²) in [4.78, 5) is 12.3. The average Bonchev–Trinajstić information content (AvgIpc) is 2.51. The minimum absolute atomic E-state index is 0.202. The van der Waals surface area contributed by atoms with Crippen molar-refractivity contribution in [1.29, 1.82) is 0 Å². The number of ether oxygens (including phenoxy) is 1. The first kappa shape index (κ1) is 16.0. The molecule has 4 heteroatoms. The summed E-state index contributed by atoms with van der Waals surface area (Å²) in [5.74, 6) is 0.0915. The topological polar surface area (TPSA) is 26.3 Å². The van der Waals surface area contributed by atoms with Crippen molar-refractivity contribution >= 4 is 44.3 Å². The number of benzene rings is 3. The zero-order valence-electron chi connectivity index (χ0n) is 12.5. The summed E-state index contributed by atoms with van der Waals surface area (Å²) in [6.45, 7) is 1.86. The van der Waals surface area contributed by atoms with E-state index in [1.54, 1.807) is 6.07 Å². The molecule has 0 bridgehead atoms. The van der Waals surface area contributed by atoms with Crippen LogP contribution in [0.3, 0.4) is 0 Å². The van der Waals surface area contributed by atoms with E-state index in [-0.39, 0.29) is 12.4 Å². The van der Waals surface area contributed by atoms with Crippen molar-refractivity contribution in [3.63, 3.8) is 0 Å². The van der Waals surface area contributed by atoms with Gasteiger partial charge in [-0.1, -0.05) is 70.0 Å². The summed E-state index contributed by atoms with van der Waals surface area (Å²) in [5, 5.41) is 2.59. The highest BCUT2D eigenvalue weighted by atomic mass is 79.9. The SMILES string of the molecule is Cc1cc(Br)cc(Cl)c1OC(=O)Cc1cccc2ccccc12. The lowest BCUT2D eigenvalue weighted by molar-refractivity contribution is -0.133. The van der Waals surface area contributed by atoms with E-state index >= 15 is 0 Å². The number of hydrogen-bond acceptors (Lipinski definition) is 2. The van der Waals surface area contributed by atoms with Crippen LogP contribution in [0.25, 0.3) is 10.8 Å². The van der Waals surface area contributed by atoms with Crippen LogP contribution < -0.4 is 4.74 Å². The van der Waals surface area contributed by atoms with E-state index < -0.39 is 0 Å². The number of hydrogen-bond donors (Lipinski definition) is 0. The molecule has 0 saturated heterocycles. The first-order valence-electron chi connectivity index (χ1n) is 7.17. The highest BCUT2D eigenvalue weighted by molar-refractivity contribution is 9.10. The fourth-order valence-electron chi connectivity index (χ4n) is 2.57. The molecule has 3 aromatic carbocycles. The molecule has 2 nitrogen and oxygen atoms in total. The molecule has 0 N–H and O–H groups in total. The molecular weight excluding hydrogens is 376 g/mol. The van der Waals surface area contributed by atoms with Crippen molar-refractivity contribution < 1.29 is 9.53 Å². The Kier molecular flexibility index (Phi) is 4.69. The fourth-order valence-corrected chi connectivity index (χ4v) is 3.58. The van der Waals surface area contributed by atoms with Gasteiger partial charge in [-0.05, 0) is 41.0 Å². The smallest absolute Gasteiger partial charge is 0.315 e. The standard InChI is InChI=1S/C19H14BrClO2/c1-12-9-15(20)11-17(21)19(12)23-18(22)10-14-7-4-6-13-5-2-3-8-16(13)14/h2-9,11H,10H2,1H3. The Morgan fingerprint density at radius 2 is 1.87 bits per heavy atom. The quantitative estimate of drug-likeness (QED) is 0.423. The predicted molar refractivity (Wildman–Crippen MR) is 97.2 cm³/mol. The maximum atomic E-state index is 12.3. The van der Waals surface area contributed by atoms with Gasteiger partial charge in [-0.25, -0.2) is 0 Å². The van der Waals surface area contributed by atoms with Gasteiger partial charge in [0.05, 0.1) is 11.4 Å². The van der Waals surface area contributed by atoms with E-state index in [1.807, 2.05) is 55.5 Å². The molecule has 0 spiro atoms. The van der Waals surface area contributed by atoms with Crippen LogP contribution in [0, 0.1) is 6.92 Å². The Labute approximate surface area is 148 Å². The number of carbonyl (C=O) groups is 1. The lowest BCUT2D eigenvalue weighted by atomic mass is 10.0. The largest absolute Gasteiger partial charge is 0.424 e. The van der Waals surface area contributed by atoms with Crippen LogP contribution in [0.5, 0.6) is 5.75 Å². The highest BCUT2D eigenvalue weighted by Crippen LogP contribution is 2.32. The molecule has 0 aliphatic heterocycles. The second-order valence-electron chi connectivity index (χ2n) is 5.32.